The van der Waals surface area contributed by atoms with Gasteiger partial charge < -0.3 is 15.4 Å². The largest absolute Gasteiger partial charge is 0.508 e. The number of halogens is 1. The van der Waals surface area contributed by atoms with Gasteiger partial charge in [-0.1, -0.05) is 12.1 Å². The lowest BCUT2D eigenvalue weighted by Gasteiger charge is -2.06. The van der Waals surface area contributed by atoms with Gasteiger partial charge in [-0.25, -0.2) is 4.98 Å². The smallest absolute Gasteiger partial charge is 0.266 e. The number of aromatic nitrogens is 2. The number of phenolic OH excluding ortho intramolecular Hbond substituents is 1. The van der Waals surface area contributed by atoms with E-state index in [9.17, 15) is 4.79 Å². The zero-order valence-electron chi connectivity index (χ0n) is 9.48. The highest BCUT2D eigenvalue weighted by molar-refractivity contribution is 14.1. The molecule has 5 nitrogen and oxygen atoms in total. The molecule has 0 saturated heterocycles. The lowest BCUT2D eigenvalue weighted by Crippen LogP contribution is -2.16. The molecular formula is C12H12IN3O2. The van der Waals surface area contributed by atoms with Crippen LogP contribution in [0.3, 0.4) is 0 Å². The first-order chi connectivity index (χ1) is 8.66. The van der Waals surface area contributed by atoms with Crippen LogP contribution in [0, 0.1) is 3.57 Å². The van der Waals surface area contributed by atoms with Gasteiger partial charge in [0.05, 0.1) is 6.33 Å². The minimum atomic E-state index is -0.141. The molecule has 2 rings (SSSR count). The molecule has 0 bridgehead atoms. The predicted octanol–water partition coefficient (Wildman–Crippen LogP) is 1.73. The molecule has 0 aliphatic rings. The molecule has 0 radical (unpaired) electrons. The van der Waals surface area contributed by atoms with E-state index in [2.05, 4.69) is 15.3 Å². The highest BCUT2D eigenvalue weighted by Crippen LogP contribution is 2.11. The molecule has 18 heavy (non-hydrogen) atoms. The van der Waals surface area contributed by atoms with Crippen LogP contribution in [0.1, 0.15) is 5.56 Å². The Morgan fingerprint density at radius 3 is 2.78 bits per heavy atom. The Morgan fingerprint density at radius 2 is 2.06 bits per heavy atom. The third kappa shape index (κ3) is 3.22. The summed E-state index contributed by atoms with van der Waals surface area (Å²) in [5.74, 6) is 0.857. The summed E-state index contributed by atoms with van der Waals surface area (Å²) in [6.07, 6.45) is 2.18. The molecule has 1 aromatic carbocycles. The SMILES string of the molecule is O=c1[nH]cnc(NCCc2ccc(O)cc2)c1I. The average molecular weight is 357 g/mol. The van der Waals surface area contributed by atoms with Crippen LogP contribution in [0.2, 0.25) is 0 Å². The number of nitrogens with zero attached hydrogens (tertiary/aromatic N) is 1. The molecule has 0 unspecified atom stereocenters. The summed E-state index contributed by atoms with van der Waals surface area (Å²) < 4.78 is 0.556. The lowest BCUT2D eigenvalue weighted by atomic mass is 10.1. The van der Waals surface area contributed by atoms with Crippen molar-refractivity contribution in [1.29, 1.82) is 0 Å². The Labute approximate surface area is 117 Å². The van der Waals surface area contributed by atoms with Crippen molar-refractivity contribution in [3.8, 4) is 5.75 Å². The summed E-state index contributed by atoms with van der Waals surface area (Å²) in [6.45, 7) is 0.678. The number of aromatic hydroxyl groups is 1. The molecular weight excluding hydrogens is 345 g/mol. The Kier molecular flexibility index (Phi) is 4.19. The fourth-order valence-electron chi connectivity index (χ4n) is 1.49. The molecule has 0 fully saturated rings. The Hall–Kier alpha value is -1.57. The summed E-state index contributed by atoms with van der Waals surface area (Å²) in [7, 11) is 0. The normalized spacial score (nSPS) is 10.3. The van der Waals surface area contributed by atoms with Crippen molar-refractivity contribution >= 4 is 28.4 Å². The predicted molar refractivity (Wildman–Crippen MR) is 77.9 cm³/mol. The monoisotopic (exact) mass is 357 g/mol. The second kappa shape index (κ2) is 5.85. The second-order valence-electron chi connectivity index (χ2n) is 3.74. The number of H-pyrrole nitrogens is 1. The van der Waals surface area contributed by atoms with E-state index >= 15 is 0 Å². The maximum Gasteiger partial charge on any atom is 0.266 e. The number of hydrogen-bond donors (Lipinski definition) is 3. The number of phenols is 1. The van der Waals surface area contributed by atoms with Crippen molar-refractivity contribution in [3.05, 3.63) is 50.1 Å². The lowest BCUT2D eigenvalue weighted by molar-refractivity contribution is 0.475. The fourth-order valence-corrected chi connectivity index (χ4v) is 1.98. The molecule has 1 heterocycles. The molecule has 0 aliphatic carbocycles. The molecule has 1 aromatic heterocycles. The zero-order chi connectivity index (χ0) is 13.0. The van der Waals surface area contributed by atoms with Gasteiger partial charge in [0.25, 0.3) is 5.56 Å². The molecule has 0 saturated carbocycles. The van der Waals surface area contributed by atoms with Gasteiger partial charge >= 0.3 is 0 Å². The number of aromatic amines is 1. The van der Waals surface area contributed by atoms with Crippen molar-refractivity contribution in [3.63, 3.8) is 0 Å². The summed E-state index contributed by atoms with van der Waals surface area (Å²) in [5.41, 5.74) is 0.970. The summed E-state index contributed by atoms with van der Waals surface area (Å²) >= 11 is 1.96. The van der Waals surface area contributed by atoms with Crippen molar-refractivity contribution in [1.82, 2.24) is 9.97 Å². The van der Waals surface area contributed by atoms with Gasteiger partial charge in [0, 0.05) is 6.54 Å². The second-order valence-corrected chi connectivity index (χ2v) is 4.82. The first-order valence-electron chi connectivity index (χ1n) is 5.42. The van der Waals surface area contributed by atoms with E-state index < -0.39 is 0 Å². The van der Waals surface area contributed by atoms with E-state index in [0.717, 1.165) is 12.0 Å². The summed E-state index contributed by atoms with van der Waals surface area (Å²) in [5, 5.41) is 12.3. The first-order valence-corrected chi connectivity index (χ1v) is 6.49. The highest BCUT2D eigenvalue weighted by Gasteiger charge is 2.03. The van der Waals surface area contributed by atoms with Gasteiger partial charge in [0.2, 0.25) is 0 Å². The highest BCUT2D eigenvalue weighted by atomic mass is 127. The van der Waals surface area contributed by atoms with Gasteiger partial charge in [0.15, 0.2) is 0 Å². The van der Waals surface area contributed by atoms with E-state index in [1.807, 2.05) is 34.7 Å². The number of anilines is 1. The van der Waals surface area contributed by atoms with Gasteiger partial charge in [-0.15, -0.1) is 0 Å². The van der Waals surface area contributed by atoms with Crippen LogP contribution in [0.4, 0.5) is 5.82 Å². The van der Waals surface area contributed by atoms with Crippen molar-refractivity contribution in [2.24, 2.45) is 0 Å². The Bertz CT molecular complexity index is 581. The molecule has 2 aromatic rings. The minimum absolute atomic E-state index is 0.141. The van der Waals surface area contributed by atoms with Crippen LogP contribution in [-0.2, 0) is 6.42 Å². The Morgan fingerprint density at radius 1 is 1.33 bits per heavy atom. The zero-order valence-corrected chi connectivity index (χ0v) is 11.6. The molecule has 0 amide bonds. The van der Waals surface area contributed by atoms with E-state index in [1.165, 1.54) is 6.33 Å². The van der Waals surface area contributed by atoms with Crippen molar-refractivity contribution in [2.45, 2.75) is 6.42 Å². The summed E-state index contributed by atoms with van der Waals surface area (Å²) in [4.78, 5) is 17.9. The van der Waals surface area contributed by atoms with Gasteiger partial charge in [-0.2, -0.15) is 0 Å². The van der Waals surface area contributed by atoms with E-state index in [0.29, 0.717) is 15.9 Å². The molecule has 0 aliphatic heterocycles. The van der Waals surface area contributed by atoms with Crippen LogP contribution in [0.25, 0.3) is 0 Å². The number of benzene rings is 1. The Balaban J connectivity index is 1.94. The number of nitrogens with one attached hydrogen (secondary N) is 2. The van der Waals surface area contributed by atoms with Gasteiger partial charge in [0.1, 0.15) is 15.1 Å². The third-order valence-electron chi connectivity index (χ3n) is 2.44. The van der Waals surface area contributed by atoms with Gasteiger partial charge in [-0.3, -0.25) is 4.79 Å². The standard InChI is InChI=1S/C12H12IN3O2/c13-10-11(15-7-16-12(10)18)14-6-5-8-1-3-9(17)4-2-8/h1-4,7,17H,5-6H2,(H2,14,15,16,18). The summed E-state index contributed by atoms with van der Waals surface area (Å²) in [6, 6.07) is 7.05. The van der Waals surface area contributed by atoms with Crippen LogP contribution >= 0.6 is 22.6 Å². The minimum Gasteiger partial charge on any atom is -0.508 e. The number of hydrogen-bond acceptors (Lipinski definition) is 4. The fraction of sp³-hybridized carbons (Fsp3) is 0.167. The van der Waals surface area contributed by atoms with Gasteiger partial charge in [-0.05, 0) is 46.7 Å². The van der Waals surface area contributed by atoms with E-state index in [-0.39, 0.29) is 11.3 Å². The molecule has 3 N–H and O–H groups in total. The molecule has 6 heteroatoms. The van der Waals surface area contributed by atoms with Crippen molar-refractivity contribution < 1.29 is 5.11 Å². The average Bonchev–Trinajstić information content (AvgIpc) is 2.37. The van der Waals surface area contributed by atoms with Crippen LogP contribution < -0.4 is 10.9 Å². The maximum absolute atomic E-state index is 11.3. The molecule has 0 spiro atoms. The quantitative estimate of drug-likeness (QED) is 0.729. The molecule has 94 valence electrons. The van der Waals surface area contributed by atoms with E-state index in [1.54, 1.807) is 12.1 Å². The van der Waals surface area contributed by atoms with Crippen LogP contribution in [0.15, 0.2) is 35.4 Å². The van der Waals surface area contributed by atoms with Crippen LogP contribution in [0.5, 0.6) is 5.75 Å². The van der Waals surface area contributed by atoms with Crippen LogP contribution in [-0.4, -0.2) is 21.6 Å². The van der Waals surface area contributed by atoms with E-state index in [4.69, 9.17) is 5.11 Å². The topological polar surface area (TPSA) is 78.0 Å². The number of rotatable bonds is 4. The molecule has 0 atom stereocenters. The maximum atomic E-state index is 11.3. The third-order valence-corrected chi connectivity index (χ3v) is 3.44. The van der Waals surface area contributed by atoms with Crippen molar-refractivity contribution in [2.75, 3.05) is 11.9 Å². The first kappa shape index (κ1) is 12.9.